The summed E-state index contributed by atoms with van der Waals surface area (Å²) in [6, 6.07) is 1.90. The molecule has 0 fully saturated rings. The first-order valence-corrected chi connectivity index (χ1v) is 5.78. The molecule has 3 aromatic rings. The molecular weight excluding hydrogens is 226 g/mol. The lowest BCUT2D eigenvalue weighted by Gasteiger charge is -2.11. The van der Waals surface area contributed by atoms with Crippen LogP contribution < -0.4 is 11.5 Å². The molecule has 2 aromatic heterocycles. The molecule has 90 valence electrons. The third-order valence-electron chi connectivity index (χ3n) is 3.18. The smallest absolute Gasteiger partial charge is 0.220 e. The molecule has 5 nitrogen and oxygen atoms in total. The first kappa shape index (κ1) is 10.7. The monoisotopic (exact) mass is 239 g/mol. The average molecular weight is 239 g/mol. The standard InChI is InChI=1S/C13H13N5/c1-2-7-9-5-16-4-3-8(9)11(14)12-10(7)6-17-13(15)18-12/h3-6H,2,14H2,1H3,(H2,15,17,18). The zero-order valence-corrected chi connectivity index (χ0v) is 10.0. The SMILES string of the molecule is CCc1c2cnccc2c(N)c2nc(N)ncc12. The fourth-order valence-corrected chi connectivity index (χ4v) is 2.34. The van der Waals surface area contributed by atoms with Crippen LogP contribution in [-0.4, -0.2) is 15.0 Å². The molecule has 5 heteroatoms. The lowest BCUT2D eigenvalue weighted by atomic mass is 9.98. The minimum absolute atomic E-state index is 0.240. The van der Waals surface area contributed by atoms with Crippen LogP contribution in [0.5, 0.6) is 0 Å². The van der Waals surface area contributed by atoms with Crippen molar-refractivity contribution in [2.45, 2.75) is 13.3 Å². The maximum atomic E-state index is 6.17. The van der Waals surface area contributed by atoms with Gasteiger partial charge in [-0.1, -0.05) is 6.92 Å². The third kappa shape index (κ3) is 1.37. The Morgan fingerprint density at radius 1 is 1.11 bits per heavy atom. The number of hydrogen-bond acceptors (Lipinski definition) is 5. The number of hydrogen-bond donors (Lipinski definition) is 2. The zero-order chi connectivity index (χ0) is 12.7. The van der Waals surface area contributed by atoms with Crippen molar-refractivity contribution < 1.29 is 0 Å². The number of aromatic nitrogens is 3. The van der Waals surface area contributed by atoms with Crippen molar-refractivity contribution in [3.8, 4) is 0 Å². The molecule has 2 heterocycles. The van der Waals surface area contributed by atoms with Crippen molar-refractivity contribution in [1.82, 2.24) is 15.0 Å². The van der Waals surface area contributed by atoms with Crippen LogP contribution in [0.1, 0.15) is 12.5 Å². The van der Waals surface area contributed by atoms with Gasteiger partial charge in [-0.05, 0) is 18.1 Å². The second kappa shape index (κ2) is 3.80. The summed E-state index contributed by atoms with van der Waals surface area (Å²) >= 11 is 0. The van der Waals surface area contributed by atoms with Gasteiger partial charge in [-0.3, -0.25) is 4.98 Å². The van der Waals surface area contributed by atoms with Gasteiger partial charge in [0.2, 0.25) is 5.95 Å². The largest absolute Gasteiger partial charge is 0.396 e. The molecule has 18 heavy (non-hydrogen) atoms. The van der Waals surface area contributed by atoms with Gasteiger partial charge in [0, 0.05) is 34.7 Å². The molecule has 0 atom stereocenters. The molecule has 0 spiro atoms. The first-order chi connectivity index (χ1) is 8.72. The normalized spacial score (nSPS) is 11.2. The highest BCUT2D eigenvalue weighted by Crippen LogP contribution is 2.33. The van der Waals surface area contributed by atoms with Gasteiger partial charge in [0.15, 0.2) is 0 Å². The average Bonchev–Trinajstić information content (AvgIpc) is 2.40. The number of anilines is 2. The fraction of sp³-hybridized carbons (Fsp3) is 0.154. The maximum Gasteiger partial charge on any atom is 0.220 e. The van der Waals surface area contributed by atoms with Gasteiger partial charge in [0.1, 0.15) is 0 Å². The van der Waals surface area contributed by atoms with Crippen LogP contribution in [0.4, 0.5) is 11.6 Å². The second-order valence-electron chi connectivity index (χ2n) is 4.16. The van der Waals surface area contributed by atoms with Crippen molar-refractivity contribution in [3.05, 3.63) is 30.2 Å². The Morgan fingerprint density at radius 2 is 1.94 bits per heavy atom. The number of nitrogens with two attached hydrogens (primary N) is 2. The third-order valence-corrected chi connectivity index (χ3v) is 3.18. The van der Waals surface area contributed by atoms with E-state index in [0.29, 0.717) is 5.69 Å². The van der Waals surface area contributed by atoms with Gasteiger partial charge in [-0.25, -0.2) is 9.97 Å². The quantitative estimate of drug-likeness (QED) is 0.500. The number of nitrogens with zero attached hydrogens (tertiary/aromatic N) is 3. The van der Waals surface area contributed by atoms with Crippen molar-refractivity contribution in [2.24, 2.45) is 0 Å². The highest BCUT2D eigenvalue weighted by atomic mass is 15.0. The molecule has 0 amide bonds. The van der Waals surface area contributed by atoms with Crippen molar-refractivity contribution in [2.75, 3.05) is 11.5 Å². The van der Waals surface area contributed by atoms with Crippen LogP contribution in [0.2, 0.25) is 0 Å². The van der Waals surface area contributed by atoms with Gasteiger partial charge in [-0.15, -0.1) is 0 Å². The molecule has 0 radical (unpaired) electrons. The Labute approximate surface area is 104 Å². The van der Waals surface area contributed by atoms with Crippen molar-refractivity contribution >= 4 is 33.3 Å². The van der Waals surface area contributed by atoms with Crippen LogP contribution in [0.3, 0.4) is 0 Å². The van der Waals surface area contributed by atoms with Crippen LogP contribution in [0.25, 0.3) is 21.7 Å². The Balaban J connectivity index is 2.61. The van der Waals surface area contributed by atoms with E-state index in [0.717, 1.165) is 33.7 Å². The topological polar surface area (TPSA) is 90.7 Å². The predicted molar refractivity (Wildman–Crippen MR) is 73.0 cm³/mol. The van der Waals surface area contributed by atoms with Crippen LogP contribution in [0, 0.1) is 0 Å². The van der Waals surface area contributed by atoms with E-state index >= 15 is 0 Å². The number of nitrogen functional groups attached to an aromatic ring is 2. The van der Waals surface area contributed by atoms with Crippen LogP contribution >= 0.6 is 0 Å². The Bertz CT molecular complexity index is 751. The lowest BCUT2D eigenvalue weighted by Crippen LogP contribution is -2.01. The Hall–Kier alpha value is -2.43. The molecule has 0 aliphatic carbocycles. The van der Waals surface area contributed by atoms with Crippen LogP contribution in [0.15, 0.2) is 24.7 Å². The lowest BCUT2D eigenvalue weighted by molar-refractivity contribution is 1.16. The molecule has 0 saturated carbocycles. The summed E-state index contributed by atoms with van der Waals surface area (Å²) in [7, 11) is 0. The Kier molecular flexibility index (Phi) is 2.26. The summed E-state index contributed by atoms with van der Waals surface area (Å²) in [6.45, 7) is 2.09. The van der Waals surface area contributed by atoms with E-state index in [4.69, 9.17) is 11.5 Å². The molecule has 4 N–H and O–H groups in total. The number of benzene rings is 1. The molecule has 0 bridgehead atoms. The number of fused-ring (bicyclic) bond motifs is 2. The molecule has 0 aliphatic heterocycles. The van der Waals surface area contributed by atoms with E-state index in [-0.39, 0.29) is 5.95 Å². The van der Waals surface area contributed by atoms with Crippen molar-refractivity contribution in [1.29, 1.82) is 0 Å². The van der Waals surface area contributed by atoms with Gasteiger partial charge in [-0.2, -0.15) is 0 Å². The highest BCUT2D eigenvalue weighted by Gasteiger charge is 2.12. The van der Waals surface area contributed by atoms with E-state index in [9.17, 15) is 0 Å². The van der Waals surface area contributed by atoms with Gasteiger partial charge < -0.3 is 11.5 Å². The Morgan fingerprint density at radius 3 is 2.72 bits per heavy atom. The highest BCUT2D eigenvalue weighted by molar-refractivity contribution is 6.10. The van der Waals surface area contributed by atoms with Gasteiger partial charge in [0.25, 0.3) is 0 Å². The minimum atomic E-state index is 0.240. The summed E-state index contributed by atoms with van der Waals surface area (Å²) < 4.78 is 0. The number of rotatable bonds is 1. The zero-order valence-electron chi connectivity index (χ0n) is 10.0. The summed E-state index contributed by atoms with van der Waals surface area (Å²) in [4.78, 5) is 12.5. The summed E-state index contributed by atoms with van der Waals surface area (Å²) in [6.07, 6.45) is 6.17. The van der Waals surface area contributed by atoms with Gasteiger partial charge >= 0.3 is 0 Å². The fourth-order valence-electron chi connectivity index (χ4n) is 2.34. The maximum absolute atomic E-state index is 6.17. The molecule has 1 aromatic carbocycles. The van der Waals surface area contributed by atoms with E-state index < -0.39 is 0 Å². The summed E-state index contributed by atoms with van der Waals surface area (Å²) in [5.74, 6) is 0.240. The minimum Gasteiger partial charge on any atom is -0.396 e. The molecule has 3 rings (SSSR count). The molecule has 0 aliphatic rings. The molecule has 0 saturated heterocycles. The van der Waals surface area contributed by atoms with E-state index in [1.165, 1.54) is 0 Å². The molecular formula is C13H13N5. The second-order valence-corrected chi connectivity index (χ2v) is 4.16. The molecule has 0 unspecified atom stereocenters. The van der Waals surface area contributed by atoms with E-state index in [2.05, 4.69) is 21.9 Å². The predicted octanol–water partition coefficient (Wildman–Crippen LogP) is 1.90. The van der Waals surface area contributed by atoms with Crippen molar-refractivity contribution in [3.63, 3.8) is 0 Å². The summed E-state index contributed by atoms with van der Waals surface area (Å²) in [5.41, 5.74) is 14.3. The van der Waals surface area contributed by atoms with E-state index in [1.807, 2.05) is 12.3 Å². The number of aryl methyl sites for hydroxylation is 1. The van der Waals surface area contributed by atoms with Gasteiger partial charge in [0.05, 0.1) is 11.2 Å². The first-order valence-electron chi connectivity index (χ1n) is 5.78. The number of pyridine rings is 1. The summed E-state index contributed by atoms with van der Waals surface area (Å²) in [5, 5.41) is 2.97. The van der Waals surface area contributed by atoms with Crippen LogP contribution in [-0.2, 0) is 6.42 Å². The van der Waals surface area contributed by atoms with E-state index in [1.54, 1.807) is 12.4 Å².